The minimum atomic E-state index is 0.630. The Morgan fingerprint density at radius 3 is 2.20 bits per heavy atom. The summed E-state index contributed by atoms with van der Waals surface area (Å²) in [5.41, 5.74) is 0. The molecule has 0 radical (unpaired) electrons. The van der Waals surface area contributed by atoms with Crippen molar-refractivity contribution in [3.8, 4) is 0 Å². The van der Waals surface area contributed by atoms with Crippen molar-refractivity contribution in [2.24, 2.45) is 0 Å². The molecule has 0 aromatic carbocycles. The zero-order chi connectivity index (χ0) is 7.72. The van der Waals surface area contributed by atoms with Crippen LogP contribution in [0.4, 0.5) is 0 Å². The first kappa shape index (κ1) is 8.02. The highest BCUT2D eigenvalue weighted by Crippen LogP contribution is 2.17. The molecular weight excluding hydrogens is 124 g/mol. The Hall–Kier alpha value is -0.0800. The smallest absolute Gasteiger partial charge is 0.0591 e. The van der Waals surface area contributed by atoms with Gasteiger partial charge in [-0.15, -0.1) is 0 Å². The average Bonchev–Trinajstić information content (AvgIpc) is 2.17. The molecule has 10 heavy (non-hydrogen) atoms. The molecule has 1 saturated heterocycles. The van der Waals surface area contributed by atoms with Gasteiger partial charge in [-0.25, -0.2) is 0 Å². The number of rotatable bonds is 1. The van der Waals surface area contributed by atoms with Crippen molar-refractivity contribution in [3.63, 3.8) is 0 Å². The molecule has 2 heteroatoms. The van der Waals surface area contributed by atoms with Gasteiger partial charge in [0.05, 0.1) is 6.17 Å². The average molecular weight is 142 g/mol. The first-order valence-corrected chi connectivity index (χ1v) is 4.09. The van der Waals surface area contributed by atoms with E-state index in [1.807, 2.05) is 0 Å². The van der Waals surface area contributed by atoms with Crippen molar-refractivity contribution in [1.29, 1.82) is 0 Å². The predicted molar refractivity (Wildman–Crippen MR) is 43.9 cm³/mol. The third-order valence-electron chi connectivity index (χ3n) is 2.77. The van der Waals surface area contributed by atoms with Crippen molar-refractivity contribution < 1.29 is 0 Å². The molecule has 1 rings (SSSR count). The van der Waals surface area contributed by atoms with E-state index >= 15 is 0 Å². The van der Waals surface area contributed by atoms with Gasteiger partial charge in [0, 0.05) is 12.6 Å². The van der Waals surface area contributed by atoms with E-state index in [9.17, 15) is 0 Å². The maximum Gasteiger partial charge on any atom is 0.0591 e. The lowest BCUT2D eigenvalue weighted by atomic mass is 10.2. The van der Waals surface area contributed by atoms with Crippen LogP contribution in [0.5, 0.6) is 0 Å². The molecule has 2 unspecified atom stereocenters. The molecular formula is C8H18N2. The molecule has 2 nitrogen and oxygen atoms in total. The summed E-state index contributed by atoms with van der Waals surface area (Å²) < 4.78 is 0. The van der Waals surface area contributed by atoms with Crippen LogP contribution in [0.15, 0.2) is 0 Å². The van der Waals surface area contributed by atoms with Crippen LogP contribution < -0.4 is 0 Å². The molecule has 1 aliphatic heterocycles. The van der Waals surface area contributed by atoms with Gasteiger partial charge in [-0.3, -0.25) is 9.80 Å². The maximum atomic E-state index is 2.44. The van der Waals surface area contributed by atoms with Crippen molar-refractivity contribution in [1.82, 2.24) is 9.80 Å². The lowest BCUT2D eigenvalue weighted by Crippen LogP contribution is -2.33. The molecule has 0 aromatic rings. The SMILES string of the molecule is CCC1CN(C)C(C)N1C. The summed E-state index contributed by atoms with van der Waals surface area (Å²) in [6.45, 7) is 5.75. The number of nitrogens with zero attached hydrogens (tertiary/aromatic N) is 2. The van der Waals surface area contributed by atoms with Gasteiger partial charge >= 0.3 is 0 Å². The van der Waals surface area contributed by atoms with Crippen LogP contribution in [0.25, 0.3) is 0 Å². The fraction of sp³-hybridized carbons (Fsp3) is 1.00. The standard InChI is InChI=1S/C8H18N2/c1-5-8-6-9(3)7(2)10(8)4/h7-8H,5-6H2,1-4H3. The summed E-state index contributed by atoms with van der Waals surface area (Å²) in [6, 6.07) is 0.778. The quantitative estimate of drug-likeness (QED) is 0.538. The number of hydrogen-bond donors (Lipinski definition) is 0. The normalized spacial score (nSPS) is 37.2. The van der Waals surface area contributed by atoms with Crippen molar-refractivity contribution in [2.75, 3.05) is 20.6 Å². The van der Waals surface area contributed by atoms with Crippen LogP contribution >= 0.6 is 0 Å². The molecule has 0 spiro atoms. The molecule has 0 saturated carbocycles. The Morgan fingerprint density at radius 2 is 2.00 bits per heavy atom. The fourth-order valence-electron chi connectivity index (χ4n) is 1.65. The Morgan fingerprint density at radius 1 is 1.40 bits per heavy atom. The number of hydrogen-bond acceptors (Lipinski definition) is 2. The monoisotopic (exact) mass is 142 g/mol. The Bertz CT molecular complexity index is 114. The van der Waals surface area contributed by atoms with E-state index in [4.69, 9.17) is 0 Å². The summed E-state index contributed by atoms with van der Waals surface area (Å²) in [6.07, 6.45) is 1.90. The van der Waals surface area contributed by atoms with Gasteiger partial charge in [0.15, 0.2) is 0 Å². The van der Waals surface area contributed by atoms with Crippen molar-refractivity contribution in [2.45, 2.75) is 32.5 Å². The summed E-state index contributed by atoms with van der Waals surface area (Å²) >= 11 is 0. The lowest BCUT2D eigenvalue weighted by Gasteiger charge is -2.22. The van der Waals surface area contributed by atoms with Crippen LogP contribution in [-0.2, 0) is 0 Å². The third kappa shape index (κ3) is 1.18. The molecule has 1 aliphatic rings. The van der Waals surface area contributed by atoms with Crippen LogP contribution in [0.1, 0.15) is 20.3 Å². The second-order valence-electron chi connectivity index (χ2n) is 3.30. The van der Waals surface area contributed by atoms with Gasteiger partial charge in [-0.2, -0.15) is 0 Å². The third-order valence-corrected chi connectivity index (χ3v) is 2.77. The van der Waals surface area contributed by atoms with E-state index in [1.165, 1.54) is 13.0 Å². The Kier molecular flexibility index (Phi) is 2.32. The van der Waals surface area contributed by atoms with Gasteiger partial charge in [0.1, 0.15) is 0 Å². The minimum absolute atomic E-state index is 0.630. The molecule has 60 valence electrons. The Labute approximate surface area is 63.8 Å². The fourth-order valence-corrected chi connectivity index (χ4v) is 1.65. The Balaban J connectivity index is 2.53. The second-order valence-corrected chi connectivity index (χ2v) is 3.30. The second kappa shape index (κ2) is 2.89. The molecule has 0 aliphatic carbocycles. The van der Waals surface area contributed by atoms with Gasteiger partial charge in [-0.05, 0) is 27.4 Å². The van der Waals surface area contributed by atoms with E-state index in [0.717, 1.165) is 6.04 Å². The summed E-state index contributed by atoms with van der Waals surface area (Å²) in [4.78, 5) is 4.84. The molecule has 0 amide bonds. The maximum absolute atomic E-state index is 2.44. The highest BCUT2D eigenvalue weighted by atomic mass is 15.4. The van der Waals surface area contributed by atoms with Gasteiger partial charge < -0.3 is 0 Å². The van der Waals surface area contributed by atoms with Gasteiger partial charge in [0.25, 0.3) is 0 Å². The predicted octanol–water partition coefficient (Wildman–Crippen LogP) is 0.988. The summed E-state index contributed by atoms with van der Waals surface area (Å²) in [5.74, 6) is 0. The van der Waals surface area contributed by atoms with E-state index in [0.29, 0.717) is 6.17 Å². The molecule has 1 heterocycles. The molecule has 0 aromatic heterocycles. The van der Waals surface area contributed by atoms with E-state index in [1.54, 1.807) is 0 Å². The number of likely N-dealkylation sites (N-methyl/N-ethyl adjacent to an activating group) is 2. The highest BCUT2D eigenvalue weighted by molar-refractivity contribution is 4.82. The molecule has 0 bridgehead atoms. The summed E-state index contributed by atoms with van der Waals surface area (Å²) in [5, 5.41) is 0. The summed E-state index contributed by atoms with van der Waals surface area (Å²) in [7, 11) is 4.40. The largest absolute Gasteiger partial charge is 0.290 e. The van der Waals surface area contributed by atoms with E-state index in [2.05, 4.69) is 37.7 Å². The van der Waals surface area contributed by atoms with Crippen LogP contribution in [0, 0.1) is 0 Å². The lowest BCUT2D eigenvalue weighted by molar-refractivity contribution is 0.186. The minimum Gasteiger partial charge on any atom is -0.290 e. The zero-order valence-electron chi connectivity index (χ0n) is 7.46. The molecule has 1 fully saturated rings. The first-order valence-electron chi connectivity index (χ1n) is 4.09. The van der Waals surface area contributed by atoms with Gasteiger partial charge in [0.2, 0.25) is 0 Å². The van der Waals surface area contributed by atoms with E-state index in [-0.39, 0.29) is 0 Å². The van der Waals surface area contributed by atoms with Gasteiger partial charge in [-0.1, -0.05) is 6.92 Å². The van der Waals surface area contributed by atoms with Crippen LogP contribution in [-0.4, -0.2) is 42.6 Å². The zero-order valence-corrected chi connectivity index (χ0v) is 7.46. The highest BCUT2D eigenvalue weighted by Gasteiger charge is 2.29. The van der Waals surface area contributed by atoms with E-state index < -0.39 is 0 Å². The van der Waals surface area contributed by atoms with Crippen molar-refractivity contribution >= 4 is 0 Å². The molecule has 0 N–H and O–H groups in total. The first-order chi connectivity index (χ1) is 4.66. The van der Waals surface area contributed by atoms with Crippen molar-refractivity contribution in [3.05, 3.63) is 0 Å². The molecule has 2 atom stereocenters. The van der Waals surface area contributed by atoms with Crippen LogP contribution in [0.2, 0.25) is 0 Å². The van der Waals surface area contributed by atoms with Crippen LogP contribution in [0.3, 0.4) is 0 Å². The topological polar surface area (TPSA) is 6.48 Å².